The van der Waals surface area contributed by atoms with Crippen molar-refractivity contribution in [3.05, 3.63) is 35.9 Å². The fraction of sp³-hybridized carbons (Fsp3) is 0.500. The van der Waals surface area contributed by atoms with Crippen molar-refractivity contribution in [2.24, 2.45) is 11.8 Å². The van der Waals surface area contributed by atoms with Gasteiger partial charge in [0.2, 0.25) is 0 Å². The molecule has 1 aromatic rings. The molecule has 2 aliphatic carbocycles. The molecule has 0 aliphatic heterocycles. The van der Waals surface area contributed by atoms with E-state index in [4.69, 9.17) is 24.4 Å². The first kappa shape index (κ1) is 15.5. The van der Waals surface area contributed by atoms with E-state index in [1.807, 2.05) is 18.2 Å². The molecule has 22 heavy (non-hydrogen) atoms. The monoisotopic (exact) mass is 334 g/mol. The van der Waals surface area contributed by atoms with Crippen LogP contribution in [0.3, 0.4) is 0 Å². The molecule has 2 aliphatic rings. The molecule has 3 atom stereocenters. The number of fused-ring (bicyclic) bond motifs is 2. The second-order valence-electron chi connectivity index (χ2n) is 6.17. The van der Waals surface area contributed by atoms with Gasteiger partial charge in [-0.25, -0.2) is 0 Å². The largest absolute Gasteiger partial charge is 0.358 e. The lowest BCUT2D eigenvalue weighted by Crippen LogP contribution is -2.52. The van der Waals surface area contributed by atoms with Crippen LogP contribution in [0.5, 0.6) is 0 Å². The highest BCUT2D eigenvalue weighted by molar-refractivity contribution is 7.80. The third-order valence-electron chi connectivity index (χ3n) is 4.64. The molecule has 2 bridgehead atoms. The Balaban J connectivity index is 1.33. The van der Waals surface area contributed by atoms with Gasteiger partial charge < -0.3 is 10.6 Å². The Morgan fingerprint density at radius 1 is 1.00 bits per heavy atom. The average molecular weight is 335 g/mol. The van der Waals surface area contributed by atoms with Crippen LogP contribution < -0.4 is 21.5 Å². The fourth-order valence-corrected chi connectivity index (χ4v) is 3.89. The van der Waals surface area contributed by atoms with Crippen molar-refractivity contribution >= 4 is 34.7 Å². The SMILES string of the molecule is S=C(NCc1ccccc1)NNC(=S)N[C@@H]1C[C@H]2CC[C@H]1C2. The van der Waals surface area contributed by atoms with Crippen LogP contribution in [-0.4, -0.2) is 16.3 Å². The van der Waals surface area contributed by atoms with E-state index in [1.165, 1.54) is 31.2 Å². The average Bonchev–Trinajstić information content (AvgIpc) is 3.14. The number of rotatable bonds is 3. The zero-order valence-electron chi connectivity index (χ0n) is 12.5. The summed E-state index contributed by atoms with van der Waals surface area (Å²) in [4.78, 5) is 0. The Kier molecular flexibility index (Phi) is 5.10. The summed E-state index contributed by atoms with van der Waals surface area (Å²) in [6.45, 7) is 0.695. The first-order chi connectivity index (χ1) is 10.7. The van der Waals surface area contributed by atoms with Gasteiger partial charge in [0.15, 0.2) is 10.2 Å². The minimum absolute atomic E-state index is 0.534. The molecule has 2 saturated carbocycles. The van der Waals surface area contributed by atoms with Gasteiger partial charge in [0, 0.05) is 12.6 Å². The van der Waals surface area contributed by atoms with Crippen molar-refractivity contribution in [3.8, 4) is 0 Å². The standard InChI is InChI=1S/C16H22N4S2/c21-15(17-10-11-4-2-1-3-5-11)19-20-16(22)18-14-9-12-6-7-13(14)8-12/h1-5,12-14H,6-10H2,(H2,17,19,21)(H2,18,20,22)/t12-,13-,14+/m0/s1. The van der Waals surface area contributed by atoms with E-state index in [1.54, 1.807) is 0 Å². The number of hydrogen-bond acceptors (Lipinski definition) is 2. The number of hydrazine groups is 1. The summed E-state index contributed by atoms with van der Waals surface area (Å²) in [5.41, 5.74) is 7.10. The fourth-order valence-electron chi connectivity index (χ4n) is 3.56. The molecule has 0 aromatic heterocycles. The first-order valence-corrected chi connectivity index (χ1v) is 8.66. The Hall–Kier alpha value is -1.40. The van der Waals surface area contributed by atoms with Crippen molar-refractivity contribution in [2.45, 2.75) is 38.3 Å². The minimum Gasteiger partial charge on any atom is -0.358 e. The van der Waals surface area contributed by atoms with Gasteiger partial charge in [-0.2, -0.15) is 0 Å². The van der Waals surface area contributed by atoms with Crippen LogP contribution in [0.4, 0.5) is 0 Å². The van der Waals surface area contributed by atoms with Crippen LogP contribution in [0.2, 0.25) is 0 Å². The van der Waals surface area contributed by atoms with E-state index in [0.29, 0.717) is 22.8 Å². The van der Waals surface area contributed by atoms with Crippen LogP contribution in [0.1, 0.15) is 31.2 Å². The van der Waals surface area contributed by atoms with Crippen LogP contribution in [0.25, 0.3) is 0 Å². The lowest BCUT2D eigenvalue weighted by Gasteiger charge is -2.24. The molecule has 0 saturated heterocycles. The van der Waals surface area contributed by atoms with Gasteiger partial charge >= 0.3 is 0 Å². The lowest BCUT2D eigenvalue weighted by molar-refractivity contribution is 0.389. The predicted octanol–water partition coefficient (Wildman–Crippen LogP) is 2.22. The molecule has 2 fully saturated rings. The summed E-state index contributed by atoms with van der Waals surface area (Å²) < 4.78 is 0. The van der Waals surface area contributed by atoms with Crippen molar-refractivity contribution in [1.29, 1.82) is 0 Å². The molecule has 0 amide bonds. The first-order valence-electron chi connectivity index (χ1n) is 7.85. The summed E-state index contributed by atoms with van der Waals surface area (Å²) in [5.74, 6) is 1.71. The van der Waals surface area contributed by atoms with E-state index in [2.05, 4.69) is 33.6 Å². The molecule has 0 unspecified atom stereocenters. The summed E-state index contributed by atoms with van der Waals surface area (Å²) in [7, 11) is 0. The van der Waals surface area contributed by atoms with Crippen molar-refractivity contribution in [3.63, 3.8) is 0 Å². The van der Waals surface area contributed by atoms with Gasteiger partial charge in [-0.15, -0.1) is 0 Å². The predicted molar refractivity (Wildman–Crippen MR) is 97.1 cm³/mol. The Labute approximate surface area is 142 Å². The molecule has 4 nitrogen and oxygen atoms in total. The summed E-state index contributed by atoms with van der Waals surface area (Å²) in [5, 5.41) is 7.72. The third-order valence-corrected chi connectivity index (χ3v) is 5.11. The molecular formula is C16H22N4S2. The minimum atomic E-state index is 0.534. The number of benzene rings is 1. The van der Waals surface area contributed by atoms with Crippen molar-refractivity contribution < 1.29 is 0 Å². The molecule has 4 N–H and O–H groups in total. The number of thiocarbonyl (C=S) groups is 2. The molecule has 0 radical (unpaired) electrons. The molecule has 1 aromatic carbocycles. The summed E-state index contributed by atoms with van der Waals surface area (Å²) >= 11 is 10.6. The molecule has 3 rings (SSSR count). The van der Waals surface area contributed by atoms with Crippen molar-refractivity contribution in [2.75, 3.05) is 0 Å². The maximum absolute atomic E-state index is 5.33. The third kappa shape index (κ3) is 4.08. The summed E-state index contributed by atoms with van der Waals surface area (Å²) in [6.07, 6.45) is 5.36. The maximum atomic E-state index is 5.33. The zero-order chi connectivity index (χ0) is 15.4. The Bertz CT molecular complexity index is 534. The van der Waals surface area contributed by atoms with E-state index in [9.17, 15) is 0 Å². The second kappa shape index (κ2) is 7.24. The lowest BCUT2D eigenvalue weighted by atomic mass is 9.96. The Morgan fingerprint density at radius 3 is 2.45 bits per heavy atom. The van der Waals surface area contributed by atoms with Gasteiger partial charge in [-0.1, -0.05) is 36.8 Å². The van der Waals surface area contributed by atoms with E-state index < -0.39 is 0 Å². The smallest absolute Gasteiger partial charge is 0.185 e. The van der Waals surface area contributed by atoms with Crippen LogP contribution >= 0.6 is 24.4 Å². The van der Waals surface area contributed by atoms with Gasteiger partial charge in [0.25, 0.3) is 0 Å². The van der Waals surface area contributed by atoms with Gasteiger partial charge in [-0.05, 0) is 61.1 Å². The van der Waals surface area contributed by atoms with E-state index in [0.717, 1.165) is 11.8 Å². The highest BCUT2D eigenvalue weighted by Gasteiger charge is 2.39. The molecule has 0 spiro atoms. The van der Waals surface area contributed by atoms with Gasteiger partial charge in [0.05, 0.1) is 0 Å². The quantitative estimate of drug-likeness (QED) is 0.502. The molecule has 6 heteroatoms. The Morgan fingerprint density at radius 2 is 1.77 bits per heavy atom. The van der Waals surface area contributed by atoms with Crippen LogP contribution in [-0.2, 0) is 6.54 Å². The topological polar surface area (TPSA) is 48.1 Å². The highest BCUT2D eigenvalue weighted by Crippen LogP contribution is 2.44. The summed E-state index contributed by atoms with van der Waals surface area (Å²) in [6, 6.07) is 10.7. The molecule has 118 valence electrons. The van der Waals surface area contributed by atoms with Crippen molar-refractivity contribution in [1.82, 2.24) is 21.5 Å². The number of hydrogen-bond donors (Lipinski definition) is 4. The van der Waals surface area contributed by atoms with E-state index in [-0.39, 0.29) is 0 Å². The molecular weight excluding hydrogens is 312 g/mol. The highest BCUT2D eigenvalue weighted by atomic mass is 32.1. The van der Waals surface area contributed by atoms with Crippen LogP contribution in [0, 0.1) is 11.8 Å². The van der Waals surface area contributed by atoms with Crippen LogP contribution in [0.15, 0.2) is 30.3 Å². The normalized spacial score (nSPS) is 25.5. The number of nitrogens with one attached hydrogen (secondary N) is 4. The van der Waals surface area contributed by atoms with Gasteiger partial charge in [0.1, 0.15) is 0 Å². The van der Waals surface area contributed by atoms with Gasteiger partial charge in [-0.3, -0.25) is 10.9 Å². The second-order valence-corrected chi connectivity index (χ2v) is 6.99. The molecule has 0 heterocycles. The zero-order valence-corrected chi connectivity index (χ0v) is 14.1. The maximum Gasteiger partial charge on any atom is 0.185 e. The van der Waals surface area contributed by atoms with E-state index >= 15 is 0 Å².